The topological polar surface area (TPSA) is 46.2 Å². The summed E-state index contributed by atoms with van der Waals surface area (Å²) in [5, 5.41) is 9.87. The Balaban J connectivity index is 0.00000112. The molecule has 0 aliphatic heterocycles. The highest BCUT2D eigenvalue weighted by Crippen LogP contribution is 2.46. The summed E-state index contributed by atoms with van der Waals surface area (Å²) in [6.07, 6.45) is 2.33. The van der Waals surface area contributed by atoms with Crippen LogP contribution in [0.3, 0.4) is 0 Å². The van der Waals surface area contributed by atoms with Gasteiger partial charge >= 0.3 is 0 Å². The summed E-state index contributed by atoms with van der Waals surface area (Å²) in [5.74, 6) is 0.797. The fraction of sp³-hybridized carbons (Fsp3) is 0.400. The lowest BCUT2D eigenvalue weighted by Gasteiger charge is -2.15. The molecular weight excluding hydrogens is 345 g/mol. The van der Waals surface area contributed by atoms with Gasteiger partial charge in [0.05, 0.1) is 4.47 Å². The second kappa shape index (κ2) is 5.04. The Morgan fingerprint density at radius 1 is 1.27 bits per heavy atom. The molecule has 15 heavy (non-hydrogen) atoms. The minimum absolute atomic E-state index is 0. The van der Waals surface area contributed by atoms with E-state index in [1.165, 1.54) is 12.8 Å². The number of rotatable bonds is 2. The minimum Gasteiger partial charge on any atom is -0.506 e. The van der Waals surface area contributed by atoms with Gasteiger partial charge in [0.1, 0.15) is 5.75 Å². The summed E-state index contributed by atoms with van der Waals surface area (Å²) in [4.78, 5) is 0. The van der Waals surface area contributed by atoms with Gasteiger partial charge in [0.2, 0.25) is 0 Å². The van der Waals surface area contributed by atoms with Crippen molar-refractivity contribution in [1.29, 1.82) is 0 Å². The fourth-order valence-corrected chi connectivity index (χ4v) is 2.49. The summed E-state index contributed by atoms with van der Waals surface area (Å²) >= 11 is 6.71. The first kappa shape index (κ1) is 13.3. The molecule has 2 nitrogen and oxygen atoms in total. The lowest BCUT2D eigenvalue weighted by atomic mass is 10.0. The van der Waals surface area contributed by atoms with Gasteiger partial charge < -0.3 is 10.8 Å². The van der Waals surface area contributed by atoms with Crippen LogP contribution in [0.4, 0.5) is 0 Å². The molecule has 1 saturated carbocycles. The van der Waals surface area contributed by atoms with Crippen LogP contribution in [0, 0.1) is 5.92 Å². The Kier molecular flexibility index (Phi) is 4.47. The summed E-state index contributed by atoms with van der Waals surface area (Å²) in [6.45, 7) is 0. The fourth-order valence-electron chi connectivity index (χ4n) is 1.56. The van der Waals surface area contributed by atoms with Gasteiger partial charge in [0.15, 0.2) is 0 Å². The van der Waals surface area contributed by atoms with E-state index >= 15 is 0 Å². The molecule has 0 heterocycles. The highest BCUT2D eigenvalue weighted by molar-refractivity contribution is 9.11. The Bertz CT molecular complexity index is 369. The van der Waals surface area contributed by atoms with Gasteiger partial charge in [0, 0.05) is 16.1 Å². The lowest BCUT2D eigenvalue weighted by Crippen LogP contribution is -2.13. The van der Waals surface area contributed by atoms with E-state index in [-0.39, 0.29) is 24.2 Å². The van der Waals surface area contributed by atoms with Gasteiger partial charge in [-0.3, -0.25) is 0 Å². The molecule has 1 atom stereocenters. The molecule has 1 aromatic carbocycles. The lowest BCUT2D eigenvalue weighted by molar-refractivity contribution is 0.452. The quantitative estimate of drug-likeness (QED) is 0.847. The number of phenolic OH excluding ortho intramolecular Hbond substituents is 1. The van der Waals surface area contributed by atoms with Gasteiger partial charge in [-0.1, -0.05) is 15.9 Å². The predicted molar refractivity (Wildman–Crippen MR) is 70.4 cm³/mol. The van der Waals surface area contributed by atoms with E-state index in [0.717, 1.165) is 10.0 Å². The van der Waals surface area contributed by atoms with E-state index in [2.05, 4.69) is 31.9 Å². The molecule has 5 heteroatoms. The summed E-state index contributed by atoms with van der Waals surface area (Å²) in [7, 11) is 0. The maximum atomic E-state index is 9.87. The molecule has 0 bridgehead atoms. The third-order valence-electron chi connectivity index (χ3n) is 2.58. The Hall–Kier alpha value is 0.230. The molecule has 0 aromatic heterocycles. The number of phenols is 1. The molecule has 1 aliphatic rings. The van der Waals surface area contributed by atoms with Gasteiger partial charge in [-0.05, 0) is 46.8 Å². The number of halogens is 3. The van der Waals surface area contributed by atoms with Gasteiger partial charge in [-0.2, -0.15) is 0 Å². The van der Waals surface area contributed by atoms with Crippen LogP contribution in [0.1, 0.15) is 24.4 Å². The zero-order chi connectivity index (χ0) is 10.3. The van der Waals surface area contributed by atoms with Crippen LogP contribution in [0.2, 0.25) is 0 Å². The van der Waals surface area contributed by atoms with E-state index in [1.807, 2.05) is 12.1 Å². The normalized spacial score (nSPS) is 17.0. The van der Waals surface area contributed by atoms with Crippen molar-refractivity contribution in [3.63, 3.8) is 0 Å². The number of aromatic hydroxyl groups is 1. The molecular formula is C10H12Br2ClNO. The van der Waals surface area contributed by atoms with Crippen molar-refractivity contribution in [2.75, 3.05) is 0 Å². The molecule has 0 saturated heterocycles. The van der Waals surface area contributed by atoms with E-state index in [0.29, 0.717) is 10.4 Å². The molecule has 0 radical (unpaired) electrons. The summed E-state index contributed by atoms with van der Waals surface area (Å²) in [5.41, 5.74) is 6.88. The molecule has 2 rings (SSSR count). The van der Waals surface area contributed by atoms with Gasteiger partial charge in [-0.25, -0.2) is 0 Å². The van der Waals surface area contributed by atoms with Crippen LogP contribution in [-0.2, 0) is 0 Å². The molecule has 0 unspecified atom stereocenters. The number of hydrogen-bond donors (Lipinski definition) is 2. The first-order chi connectivity index (χ1) is 6.61. The van der Waals surface area contributed by atoms with Crippen LogP contribution in [0.15, 0.2) is 21.1 Å². The van der Waals surface area contributed by atoms with Crippen molar-refractivity contribution in [3.05, 3.63) is 26.6 Å². The Labute approximate surface area is 112 Å². The van der Waals surface area contributed by atoms with Gasteiger partial charge in [-0.15, -0.1) is 12.4 Å². The average Bonchev–Trinajstić information content (AvgIpc) is 2.95. The summed E-state index contributed by atoms with van der Waals surface area (Å²) in [6, 6.07) is 3.66. The Morgan fingerprint density at radius 3 is 2.33 bits per heavy atom. The van der Waals surface area contributed by atoms with Crippen molar-refractivity contribution in [2.24, 2.45) is 11.7 Å². The highest BCUT2D eigenvalue weighted by atomic mass is 79.9. The molecule has 84 valence electrons. The predicted octanol–water partition coefficient (Wildman–Crippen LogP) is 3.75. The van der Waals surface area contributed by atoms with Crippen molar-refractivity contribution in [2.45, 2.75) is 18.9 Å². The zero-order valence-corrected chi connectivity index (χ0v) is 11.9. The maximum absolute atomic E-state index is 9.87. The molecule has 1 aromatic rings. The molecule has 1 aliphatic carbocycles. The zero-order valence-electron chi connectivity index (χ0n) is 7.91. The van der Waals surface area contributed by atoms with Crippen LogP contribution >= 0.6 is 44.3 Å². The minimum atomic E-state index is -0.0538. The average molecular weight is 357 g/mol. The van der Waals surface area contributed by atoms with Crippen LogP contribution in [-0.4, -0.2) is 5.11 Å². The second-order valence-corrected chi connectivity index (χ2v) is 5.36. The standard InChI is InChI=1S/C10H11Br2NO.ClH/c11-6-3-4-7(12)10(14)8(6)9(13)5-1-2-5;/h3-5,9,14H,1-2,13H2;1H/t9-;/m1./s1. The highest BCUT2D eigenvalue weighted by Gasteiger charge is 2.32. The molecule has 0 spiro atoms. The third kappa shape index (κ3) is 2.67. The van der Waals surface area contributed by atoms with Crippen molar-refractivity contribution in [3.8, 4) is 5.75 Å². The van der Waals surface area contributed by atoms with Gasteiger partial charge in [0.25, 0.3) is 0 Å². The van der Waals surface area contributed by atoms with E-state index < -0.39 is 0 Å². The molecule has 0 amide bonds. The van der Waals surface area contributed by atoms with Crippen LogP contribution < -0.4 is 5.73 Å². The van der Waals surface area contributed by atoms with E-state index in [4.69, 9.17) is 5.73 Å². The van der Waals surface area contributed by atoms with E-state index in [9.17, 15) is 5.11 Å². The van der Waals surface area contributed by atoms with Crippen molar-refractivity contribution >= 4 is 44.3 Å². The first-order valence-corrected chi connectivity index (χ1v) is 6.12. The van der Waals surface area contributed by atoms with Crippen LogP contribution in [0.5, 0.6) is 5.75 Å². The summed E-state index contributed by atoms with van der Waals surface area (Å²) < 4.78 is 1.59. The van der Waals surface area contributed by atoms with E-state index in [1.54, 1.807) is 0 Å². The third-order valence-corrected chi connectivity index (χ3v) is 3.91. The smallest absolute Gasteiger partial charge is 0.135 e. The van der Waals surface area contributed by atoms with Crippen molar-refractivity contribution < 1.29 is 5.11 Å². The number of benzene rings is 1. The Morgan fingerprint density at radius 2 is 1.80 bits per heavy atom. The second-order valence-electron chi connectivity index (χ2n) is 3.65. The number of hydrogen-bond acceptors (Lipinski definition) is 2. The van der Waals surface area contributed by atoms with Crippen molar-refractivity contribution in [1.82, 2.24) is 0 Å². The largest absolute Gasteiger partial charge is 0.506 e. The molecule has 3 N–H and O–H groups in total. The molecule has 1 fully saturated rings. The monoisotopic (exact) mass is 355 g/mol. The van der Waals surface area contributed by atoms with Crippen LogP contribution in [0.25, 0.3) is 0 Å². The SMILES string of the molecule is Cl.N[C@@H](c1c(Br)ccc(Br)c1O)C1CC1. The maximum Gasteiger partial charge on any atom is 0.135 e. The number of nitrogens with two attached hydrogens (primary N) is 1. The first-order valence-electron chi connectivity index (χ1n) is 4.53.